The first-order valence-corrected chi connectivity index (χ1v) is 8.81. The van der Waals surface area contributed by atoms with Crippen LogP contribution in [0, 0.1) is 6.92 Å². The number of aromatic nitrogens is 4. The zero-order valence-electron chi connectivity index (χ0n) is 15.7. The number of hydrogen-bond donors (Lipinski definition) is 3. The minimum atomic E-state index is -0.839. The summed E-state index contributed by atoms with van der Waals surface area (Å²) in [6.45, 7) is 6.08. The number of carbonyl (C=O) groups is 1. The van der Waals surface area contributed by atoms with Crippen LogP contribution in [0.3, 0.4) is 0 Å². The first-order chi connectivity index (χ1) is 13.4. The standard InChI is InChI=1S/C18H20N8O2/c1-4-26-14(15(27)10(3)24-26)17-20-6-5-11(22-17)13-12-7-21-9(2)8-25(12)18(23-13)16(19)28/h5-8,18,21,27H,4H2,1-3H3,(H2,19,28). The Morgan fingerprint density at radius 2 is 2.18 bits per heavy atom. The number of primary amides is 1. The molecule has 0 fully saturated rings. The number of nitrogens with two attached hydrogens (primary N) is 1. The molecule has 2 aromatic rings. The molecule has 10 nitrogen and oxygen atoms in total. The van der Waals surface area contributed by atoms with Crippen LogP contribution in [0.2, 0.25) is 0 Å². The SMILES string of the molecule is CCn1nc(C)c(O)c1-c1nccc(C2=NC(C(N)=O)N3C=C(C)NC=C23)n1. The van der Waals surface area contributed by atoms with E-state index in [4.69, 9.17) is 5.73 Å². The second kappa shape index (κ2) is 6.48. The Balaban J connectivity index is 1.81. The lowest BCUT2D eigenvalue weighted by atomic mass is 10.1. The molecule has 4 heterocycles. The zero-order chi connectivity index (χ0) is 20.0. The second-order valence-corrected chi connectivity index (χ2v) is 6.51. The lowest BCUT2D eigenvalue weighted by Crippen LogP contribution is -2.39. The number of fused-ring (bicyclic) bond motifs is 1. The Morgan fingerprint density at radius 1 is 1.39 bits per heavy atom. The quantitative estimate of drug-likeness (QED) is 0.707. The lowest BCUT2D eigenvalue weighted by Gasteiger charge is -2.25. The highest BCUT2D eigenvalue weighted by Crippen LogP contribution is 2.31. The Bertz CT molecular complexity index is 1070. The van der Waals surface area contributed by atoms with Crippen molar-refractivity contribution in [3.05, 3.63) is 47.4 Å². The van der Waals surface area contributed by atoms with Crippen LogP contribution in [0.15, 0.2) is 41.0 Å². The zero-order valence-corrected chi connectivity index (χ0v) is 15.7. The fourth-order valence-electron chi connectivity index (χ4n) is 3.24. The number of allylic oxidation sites excluding steroid dienone is 2. The number of nitrogens with zero attached hydrogens (tertiary/aromatic N) is 6. The lowest BCUT2D eigenvalue weighted by molar-refractivity contribution is -0.121. The normalized spacial score (nSPS) is 18.2. The van der Waals surface area contributed by atoms with E-state index in [2.05, 4.69) is 25.4 Å². The largest absolute Gasteiger partial charge is 0.504 e. The van der Waals surface area contributed by atoms with Gasteiger partial charge in [-0.3, -0.25) is 9.48 Å². The number of aromatic hydroxyl groups is 1. The van der Waals surface area contributed by atoms with Gasteiger partial charge in [-0.05, 0) is 26.8 Å². The summed E-state index contributed by atoms with van der Waals surface area (Å²) in [7, 11) is 0. The van der Waals surface area contributed by atoms with Gasteiger partial charge in [0.05, 0.1) is 11.4 Å². The van der Waals surface area contributed by atoms with Crippen molar-refractivity contribution in [1.29, 1.82) is 0 Å². The Kier molecular flexibility index (Phi) is 4.10. The first kappa shape index (κ1) is 17.7. The molecule has 1 atom stereocenters. The van der Waals surface area contributed by atoms with E-state index in [1.807, 2.05) is 13.8 Å². The van der Waals surface area contributed by atoms with Gasteiger partial charge in [0.2, 0.25) is 6.17 Å². The van der Waals surface area contributed by atoms with Crippen LogP contribution >= 0.6 is 0 Å². The maximum Gasteiger partial charge on any atom is 0.263 e. The van der Waals surface area contributed by atoms with E-state index in [9.17, 15) is 9.90 Å². The first-order valence-electron chi connectivity index (χ1n) is 8.81. The molecule has 28 heavy (non-hydrogen) atoms. The fourth-order valence-corrected chi connectivity index (χ4v) is 3.24. The third kappa shape index (κ3) is 2.70. The third-order valence-electron chi connectivity index (χ3n) is 4.56. The Hall–Kier alpha value is -3.69. The molecule has 1 amide bonds. The molecule has 2 aliphatic rings. The summed E-state index contributed by atoms with van der Waals surface area (Å²) in [6.07, 6.45) is 4.29. The van der Waals surface area contributed by atoms with Crippen LogP contribution in [-0.4, -0.2) is 47.5 Å². The summed E-state index contributed by atoms with van der Waals surface area (Å²) in [5, 5.41) is 17.8. The highest BCUT2D eigenvalue weighted by atomic mass is 16.3. The molecule has 2 aromatic heterocycles. The van der Waals surface area contributed by atoms with E-state index in [1.165, 1.54) is 0 Å². The molecule has 4 rings (SSSR count). The van der Waals surface area contributed by atoms with Crippen molar-refractivity contribution in [2.45, 2.75) is 33.5 Å². The summed E-state index contributed by atoms with van der Waals surface area (Å²) >= 11 is 0. The molecule has 1 unspecified atom stereocenters. The van der Waals surface area contributed by atoms with Crippen molar-refractivity contribution in [2.75, 3.05) is 0 Å². The van der Waals surface area contributed by atoms with Crippen molar-refractivity contribution < 1.29 is 9.90 Å². The van der Waals surface area contributed by atoms with Gasteiger partial charge in [-0.1, -0.05) is 0 Å². The highest BCUT2D eigenvalue weighted by molar-refractivity contribution is 6.14. The molecule has 144 valence electrons. The van der Waals surface area contributed by atoms with E-state index in [0.717, 1.165) is 5.70 Å². The number of carbonyl (C=O) groups excluding carboxylic acids is 1. The van der Waals surface area contributed by atoms with Crippen LogP contribution in [0.5, 0.6) is 5.75 Å². The van der Waals surface area contributed by atoms with E-state index >= 15 is 0 Å². The van der Waals surface area contributed by atoms with E-state index in [-0.39, 0.29) is 5.75 Å². The Labute approximate surface area is 161 Å². The monoisotopic (exact) mass is 380 g/mol. The average Bonchev–Trinajstić information content (AvgIpc) is 3.19. The van der Waals surface area contributed by atoms with Crippen molar-refractivity contribution in [2.24, 2.45) is 10.7 Å². The van der Waals surface area contributed by atoms with Gasteiger partial charge in [-0.25, -0.2) is 15.0 Å². The highest BCUT2D eigenvalue weighted by Gasteiger charge is 2.36. The maximum absolute atomic E-state index is 11.9. The van der Waals surface area contributed by atoms with Gasteiger partial charge < -0.3 is 21.1 Å². The summed E-state index contributed by atoms with van der Waals surface area (Å²) in [5.74, 6) is -0.190. The molecule has 0 aromatic carbocycles. The summed E-state index contributed by atoms with van der Waals surface area (Å²) in [5.41, 5.74) is 9.05. The van der Waals surface area contributed by atoms with Gasteiger partial charge in [-0.2, -0.15) is 5.10 Å². The van der Waals surface area contributed by atoms with Crippen LogP contribution in [-0.2, 0) is 11.3 Å². The predicted octanol–water partition coefficient (Wildman–Crippen LogP) is 0.596. The minimum absolute atomic E-state index is 0.0427. The van der Waals surface area contributed by atoms with Crippen LogP contribution in [0.4, 0.5) is 0 Å². The smallest absolute Gasteiger partial charge is 0.263 e. The molecule has 4 N–H and O–H groups in total. The fraction of sp³-hybridized carbons (Fsp3) is 0.278. The number of aryl methyl sites for hydroxylation is 2. The molecule has 2 aliphatic heterocycles. The van der Waals surface area contributed by atoms with Crippen LogP contribution in [0.1, 0.15) is 25.2 Å². The van der Waals surface area contributed by atoms with E-state index in [0.29, 0.717) is 40.9 Å². The van der Waals surface area contributed by atoms with E-state index in [1.54, 1.807) is 41.2 Å². The molecule has 0 saturated carbocycles. The third-order valence-corrected chi connectivity index (χ3v) is 4.56. The van der Waals surface area contributed by atoms with Crippen molar-refractivity contribution >= 4 is 11.6 Å². The van der Waals surface area contributed by atoms with Gasteiger partial charge in [-0.15, -0.1) is 0 Å². The average molecular weight is 380 g/mol. The van der Waals surface area contributed by atoms with Crippen LogP contribution in [0.25, 0.3) is 11.5 Å². The van der Waals surface area contributed by atoms with Crippen molar-refractivity contribution in [3.8, 4) is 17.3 Å². The summed E-state index contributed by atoms with van der Waals surface area (Å²) in [4.78, 5) is 26.9. The van der Waals surface area contributed by atoms with Gasteiger partial charge in [0.1, 0.15) is 17.1 Å². The van der Waals surface area contributed by atoms with Crippen molar-refractivity contribution in [3.63, 3.8) is 0 Å². The minimum Gasteiger partial charge on any atom is -0.504 e. The molecule has 0 aliphatic carbocycles. The number of nitrogens with one attached hydrogen (secondary N) is 1. The molecule has 0 radical (unpaired) electrons. The van der Waals surface area contributed by atoms with Gasteiger partial charge in [0, 0.05) is 30.8 Å². The van der Waals surface area contributed by atoms with Crippen LogP contribution < -0.4 is 11.1 Å². The number of aliphatic imine (C=N–C) groups is 1. The second-order valence-electron chi connectivity index (χ2n) is 6.51. The number of hydrogen-bond acceptors (Lipinski definition) is 8. The summed E-state index contributed by atoms with van der Waals surface area (Å²) < 4.78 is 1.65. The van der Waals surface area contributed by atoms with Gasteiger partial charge >= 0.3 is 0 Å². The number of amides is 1. The molecule has 10 heteroatoms. The molecular formula is C18H20N8O2. The van der Waals surface area contributed by atoms with Crippen molar-refractivity contribution in [1.82, 2.24) is 30.0 Å². The number of rotatable bonds is 4. The van der Waals surface area contributed by atoms with Gasteiger partial charge in [0.25, 0.3) is 5.91 Å². The molecule has 0 spiro atoms. The molecule has 0 bridgehead atoms. The maximum atomic E-state index is 11.9. The topological polar surface area (TPSA) is 135 Å². The predicted molar refractivity (Wildman–Crippen MR) is 102 cm³/mol. The Morgan fingerprint density at radius 3 is 2.89 bits per heavy atom. The van der Waals surface area contributed by atoms with Gasteiger partial charge in [0.15, 0.2) is 11.6 Å². The summed E-state index contributed by atoms with van der Waals surface area (Å²) in [6, 6.07) is 1.70. The van der Waals surface area contributed by atoms with E-state index < -0.39 is 12.1 Å². The molecule has 0 saturated heterocycles. The molecular weight excluding hydrogens is 360 g/mol.